The molecule has 0 saturated carbocycles. The van der Waals surface area contributed by atoms with Crippen molar-refractivity contribution in [2.75, 3.05) is 11.9 Å². The number of carbonyl (C=O) groups excluding carboxylic acids is 2. The third kappa shape index (κ3) is 4.38. The number of ether oxygens (including phenoxy) is 1. The Morgan fingerprint density at radius 1 is 0.829 bits per heavy atom. The fourth-order valence-electron chi connectivity index (χ4n) is 4.23. The summed E-state index contributed by atoms with van der Waals surface area (Å²) in [5.74, 6) is -0.540. The number of rotatable bonds is 7. The van der Waals surface area contributed by atoms with Gasteiger partial charge in [0.05, 0.1) is 18.7 Å². The zero-order chi connectivity index (χ0) is 24.4. The normalized spacial score (nSPS) is 13.6. The SMILES string of the molecule is CCOc1ccc(C2=C(Nc3cccc4ccccc34)C(=O)N(Cc3ccc(F)cc3)C2=O)cc1. The lowest BCUT2D eigenvalue weighted by molar-refractivity contribution is -0.137. The van der Waals surface area contributed by atoms with Crippen molar-refractivity contribution in [1.29, 1.82) is 0 Å². The molecule has 0 unspecified atom stereocenters. The molecular formula is C29H23FN2O3. The minimum absolute atomic E-state index is 0.0409. The van der Waals surface area contributed by atoms with Crippen molar-refractivity contribution in [2.45, 2.75) is 13.5 Å². The van der Waals surface area contributed by atoms with Gasteiger partial charge < -0.3 is 10.1 Å². The van der Waals surface area contributed by atoms with Gasteiger partial charge in [0.25, 0.3) is 11.8 Å². The van der Waals surface area contributed by atoms with Crippen molar-refractivity contribution in [3.63, 3.8) is 0 Å². The highest BCUT2D eigenvalue weighted by molar-refractivity contribution is 6.36. The fraction of sp³-hybridized carbons (Fsp3) is 0.103. The second-order valence-corrected chi connectivity index (χ2v) is 8.18. The van der Waals surface area contributed by atoms with Crippen LogP contribution in [0.2, 0.25) is 0 Å². The fourth-order valence-corrected chi connectivity index (χ4v) is 4.23. The first-order valence-corrected chi connectivity index (χ1v) is 11.4. The molecule has 0 aliphatic carbocycles. The van der Waals surface area contributed by atoms with Crippen molar-refractivity contribution >= 4 is 33.8 Å². The average Bonchev–Trinajstić information content (AvgIpc) is 3.10. The van der Waals surface area contributed by atoms with E-state index in [1.54, 1.807) is 36.4 Å². The van der Waals surface area contributed by atoms with Crippen LogP contribution in [0.25, 0.3) is 16.3 Å². The number of hydrogen-bond acceptors (Lipinski definition) is 4. The van der Waals surface area contributed by atoms with E-state index in [0.717, 1.165) is 16.5 Å². The maximum absolute atomic E-state index is 13.6. The zero-order valence-corrected chi connectivity index (χ0v) is 19.1. The molecule has 4 aromatic rings. The summed E-state index contributed by atoms with van der Waals surface area (Å²) in [5.41, 5.74) is 2.48. The van der Waals surface area contributed by atoms with E-state index in [-0.39, 0.29) is 23.6 Å². The van der Waals surface area contributed by atoms with E-state index in [4.69, 9.17) is 4.74 Å². The maximum atomic E-state index is 13.6. The number of nitrogens with zero attached hydrogens (tertiary/aromatic N) is 1. The number of halogens is 1. The molecule has 1 aliphatic rings. The van der Waals surface area contributed by atoms with Gasteiger partial charge in [-0.15, -0.1) is 0 Å². The van der Waals surface area contributed by atoms with Crippen molar-refractivity contribution in [1.82, 2.24) is 4.90 Å². The van der Waals surface area contributed by atoms with E-state index in [9.17, 15) is 14.0 Å². The van der Waals surface area contributed by atoms with Crippen molar-refractivity contribution in [2.24, 2.45) is 0 Å². The Morgan fingerprint density at radius 3 is 2.29 bits per heavy atom. The highest BCUT2D eigenvalue weighted by Crippen LogP contribution is 2.34. The molecule has 35 heavy (non-hydrogen) atoms. The minimum Gasteiger partial charge on any atom is -0.494 e. The molecule has 0 aromatic heterocycles. The topological polar surface area (TPSA) is 58.6 Å². The van der Waals surface area contributed by atoms with Crippen LogP contribution in [0.4, 0.5) is 10.1 Å². The second-order valence-electron chi connectivity index (χ2n) is 8.18. The van der Waals surface area contributed by atoms with Crippen molar-refractivity contribution in [3.05, 3.63) is 114 Å². The highest BCUT2D eigenvalue weighted by Gasteiger charge is 2.39. The van der Waals surface area contributed by atoms with E-state index in [2.05, 4.69) is 5.32 Å². The van der Waals surface area contributed by atoms with Gasteiger partial charge >= 0.3 is 0 Å². The summed E-state index contributed by atoms with van der Waals surface area (Å²) in [6.45, 7) is 2.47. The molecular weight excluding hydrogens is 443 g/mol. The molecule has 0 radical (unpaired) electrons. The number of amides is 2. The van der Waals surface area contributed by atoms with Crippen LogP contribution in [-0.4, -0.2) is 23.3 Å². The van der Waals surface area contributed by atoms with Gasteiger partial charge in [-0.05, 0) is 53.8 Å². The van der Waals surface area contributed by atoms with Crippen molar-refractivity contribution < 1.29 is 18.7 Å². The Labute approximate surface area is 202 Å². The van der Waals surface area contributed by atoms with Crippen LogP contribution in [0.15, 0.2) is 96.7 Å². The number of nitrogens with one attached hydrogen (secondary N) is 1. The lowest BCUT2D eigenvalue weighted by Crippen LogP contribution is -2.32. The molecule has 0 fully saturated rings. The Balaban J connectivity index is 1.57. The van der Waals surface area contributed by atoms with Crippen molar-refractivity contribution in [3.8, 4) is 5.75 Å². The Morgan fingerprint density at radius 2 is 1.54 bits per heavy atom. The van der Waals surface area contributed by atoms with Crippen LogP contribution in [0, 0.1) is 5.82 Å². The number of imide groups is 1. The molecule has 0 saturated heterocycles. The number of benzene rings is 4. The van der Waals surface area contributed by atoms with Gasteiger partial charge in [0.1, 0.15) is 17.3 Å². The Bertz CT molecular complexity index is 1440. The molecule has 5 rings (SSSR count). The lowest BCUT2D eigenvalue weighted by Gasteiger charge is -2.16. The van der Waals surface area contributed by atoms with Crippen LogP contribution >= 0.6 is 0 Å². The van der Waals surface area contributed by atoms with E-state index < -0.39 is 11.8 Å². The molecule has 1 N–H and O–H groups in total. The highest BCUT2D eigenvalue weighted by atomic mass is 19.1. The van der Waals surface area contributed by atoms with E-state index >= 15 is 0 Å². The van der Waals surface area contributed by atoms with Crippen LogP contribution in [-0.2, 0) is 16.1 Å². The Hall–Kier alpha value is -4.45. The van der Waals surface area contributed by atoms with Gasteiger partial charge in [-0.2, -0.15) is 0 Å². The molecule has 0 spiro atoms. The van der Waals surface area contributed by atoms with Gasteiger partial charge in [0, 0.05) is 11.1 Å². The van der Waals surface area contributed by atoms with Gasteiger partial charge in [0.15, 0.2) is 0 Å². The summed E-state index contributed by atoms with van der Waals surface area (Å²) in [6.07, 6.45) is 0. The smallest absolute Gasteiger partial charge is 0.278 e. The van der Waals surface area contributed by atoms with E-state index in [1.165, 1.54) is 17.0 Å². The first-order chi connectivity index (χ1) is 17.0. The molecule has 2 amide bonds. The number of carbonyl (C=O) groups is 2. The van der Waals surface area contributed by atoms with Crippen LogP contribution in [0.5, 0.6) is 5.75 Å². The van der Waals surface area contributed by atoms with E-state index in [0.29, 0.717) is 23.5 Å². The quantitative estimate of drug-likeness (QED) is 0.351. The monoisotopic (exact) mass is 466 g/mol. The molecule has 5 nitrogen and oxygen atoms in total. The number of fused-ring (bicyclic) bond motifs is 1. The Kier molecular flexibility index (Phi) is 6.02. The molecule has 174 valence electrons. The molecule has 6 heteroatoms. The third-order valence-electron chi connectivity index (χ3n) is 5.93. The average molecular weight is 467 g/mol. The summed E-state index contributed by atoms with van der Waals surface area (Å²) >= 11 is 0. The summed E-state index contributed by atoms with van der Waals surface area (Å²) in [5, 5.41) is 5.20. The molecule has 0 bridgehead atoms. The number of hydrogen-bond donors (Lipinski definition) is 1. The summed E-state index contributed by atoms with van der Waals surface area (Å²) in [7, 11) is 0. The molecule has 1 aliphatic heterocycles. The summed E-state index contributed by atoms with van der Waals surface area (Å²) in [6, 6.07) is 26.5. The molecule has 1 heterocycles. The van der Waals surface area contributed by atoms with Gasteiger partial charge in [-0.1, -0.05) is 60.7 Å². The summed E-state index contributed by atoms with van der Waals surface area (Å²) in [4.78, 5) is 28.3. The number of anilines is 1. The largest absolute Gasteiger partial charge is 0.494 e. The van der Waals surface area contributed by atoms with Gasteiger partial charge in [0.2, 0.25) is 0 Å². The molecule has 4 aromatic carbocycles. The standard InChI is InChI=1S/C29H23FN2O3/c1-2-35-23-16-12-21(13-17-23)26-27(31-25-9-5-7-20-6-3-4-8-24(20)25)29(34)32(28(26)33)18-19-10-14-22(30)15-11-19/h3-17,31H,2,18H2,1H3. The first-order valence-electron chi connectivity index (χ1n) is 11.4. The summed E-state index contributed by atoms with van der Waals surface area (Å²) < 4.78 is 18.9. The zero-order valence-electron chi connectivity index (χ0n) is 19.1. The minimum atomic E-state index is -0.434. The predicted octanol–water partition coefficient (Wildman–Crippen LogP) is 5.77. The van der Waals surface area contributed by atoms with Crippen LogP contribution < -0.4 is 10.1 Å². The second kappa shape index (κ2) is 9.43. The first kappa shape index (κ1) is 22.3. The predicted molar refractivity (Wildman–Crippen MR) is 134 cm³/mol. The van der Waals surface area contributed by atoms with Gasteiger partial charge in [-0.25, -0.2) is 4.39 Å². The van der Waals surface area contributed by atoms with Gasteiger partial charge in [-0.3, -0.25) is 14.5 Å². The maximum Gasteiger partial charge on any atom is 0.278 e. The third-order valence-corrected chi connectivity index (χ3v) is 5.93. The van der Waals surface area contributed by atoms with Crippen LogP contribution in [0.1, 0.15) is 18.1 Å². The van der Waals surface area contributed by atoms with E-state index in [1.807, 2.05) is 49.4 Å². The molecule has 0 atom stereocenters. The lowest BCUT2D eigenvalue weighted by atomic mass is 10.0. The van der Waals surface area contributed by atoms with Crippen LogP contribution in [0.3, 0.4) is 0 Å².